The van der Waals surface area contributed by atoms with Crippen LogP contribution >= 0.6 is 0 Å². The van der Waals surface area contributed by atoms with Crippen LogP contribution in [0.5, 0.6) is 0 Å². The number of hydrogen-bond donors (Lipinski definition) is 1. The third-order valence-electron chi connectivity index (χ3n) is 3.35. The predicted octanol–water partition coefficient (Wildman–Crippen LogP) is 1.08. The molecule has 0 radical (unpaired) electrons. The van der Waals surface area contributed by atoms with Crippen LogP contribution in [0.15, 0.2) is 0 Å². The van der Waals surface area contributed by atoms with Gasteiger partial charge in [-0.25, -0.2) is 0 Å². The lowest BCUT2D eigenvalue weighted by atomic mass is 9.94. The smallest absolute Gasteiger partial charge is 0.0145 e. The van der Waals surface area contributed by atoms with E-state index < -0.39 is 0 Å². The van der Waals surface area contributed by atoms with Crippen molar-refractivity contribution in [3.8, 4) is 0 Å². The second-order valence-corrected chi connectivity index (χ2v) is 4.28. The summed E-state index contributed by atoms with van der Waals surface area (Å²) in [5.41, 5.74) is 0. The van der Waals surface area contributed by atoms with E-state index >= 15 is 0 Å². The number of likely N-dealkylation sites (tertiary alicyclic amines) is 1. The number of piperidine rings is 1. The van der Waals surface area contributed by atoms with Crippen molar-refractivity contribution >= 4 is 0 Å². The van der Waals surface area contributed by atoms with E-state index in [2.05, 4.69) is 17.1 Å². The van der Waals surface area contributed by atoms with Gasteiger partial charge in [-0.3, -0.25) is 0 Å². The molecule has 12 heavy (non-hydrogen) atoms. The van der Waals surface area contributed by atoms with Gasteiger partial charge in [0.15, 0.2) is 0 Å². The highest BCUT2D eigenvalue weighted by molar-refractivity contribution is 4.85. The summed E-state index contributed by atoms with van der Waals surface area (Å²) in [7, 11) is 0. The fourth-order valence-corrected chi connectivity index (χ4v) is 2.62. The largest absolute Gasteiger partial charge is 0.316 e. The molecule has 2 fully saturated rings. The first-order chi connectivity index (χ1) is 5.88. The molecular formula is C10H20N2. The Bertz CT molecular complexity index is 141. The SMILES string of the molecule is C[C@H]1CNCC[C@H]1N1CCCC1. The molecule has 2 atom stereocenters. The van der Waals surface area contributed by atoms with Gasteiger partial charge in [-0.15, -0.1) is 0 Å². The van der Waals surface area contributed by atoms with Crippen LogP contribution in [0.1, 0.15) is 26.2 Å². The molecule has 0 spiro atoms. The topological polar surface area (TPSA) is 15.3 Å². The van der Waals surface area contributed by atoms with E-state index in [1.807, 2.05) is 0 Å². The van der Waals surface area contributed by atoms with Gasteiger partial charge in [0, 0.05) is 6.04 Å². The van der Waals surface area contributed by atoms with Gasteiger partial charge in [-0.2, -0.15) is 0 Å². The van der Waals surface area contributed by atoms with Crippen LogP contribution in [0.2, 0.25) is 0 Å². The van der Waals surface area contributed by atoms with Crippen molar-refractivity contribution in [2.45, 2.75) is 32.2 Å². The minimum absolute atomic E-state index is 0.858. The lowest BCUT2D eigenvalue weighted by Gasteiger charge is -2.36. The van der Waals surface area contributed by atoms with Crippen molar-refractivity contribution in [2.75, 3.05) is 26.2 Å². The third kappa shape index (κ3) is 1.64. The molecule has 2 rings (SSSR count). The van der Waals surface area contributed by atoms with Gasteiger partial charge in [0.25, 0.3) is 0 Å². The average Bonchev–Trinajstić information content (AvgIpc) is 2.57. The van der Waals surface area contributed by atoms with Gasteiger partial charge in [0.2, 0.25) is 0 Å². The van der Waals surface area contributed by atoms with E-state index in [1.165, 1.54) is 45.4 Å². The quantitative estimate of drug-likeness (QED) is 0.630. The van der Waals surface area contributed by atoms with Gasteiger partial charge in [0.05, 0.1) is 0 Å². The highest BCUT2D eigenvalue weighted by Gasteiger charge is 2.28. The minimum Gasteiger partial charge on any atom is -0.316 e. The zero-order chi connectivity index (χ0) is 8.39. The Morgan fingerprint density at radius 1 is 1.25 bits per heavy atom. The van der Waals surface area contributed by atoms with Crippen molar-refractivity contribution in [3.05, 3.63) is 0 Å². The Morgan fingerprint density at radius 3 is 2.67 bits per heavy atom. The molecule has 2 saturated heterocycles. The Kier molecular flexibility index (Phi) is 2.66. The Hall–Kier alpha value is -0.0800. The number of nitrogens with one attached hydrogen (secondary N) is 1. The maximum absolute atomic E-state index is 3.46. The molecule has 2 aliphatic rings. The van der Waals surface area contributed by atoms with Crippen molar-refractivity contribution in [3.63, 3.8) is 0 Å². The van der Waals surface area contributed by atoms with Gasteiger partial charge < -0.3 is 10.2 Å². The normalized spacial score (nSPS) is 38.8. The lowest BCUT2D eigenvalue weighted by molar-refractivity contribution is 0.148. The molecule has 2 heteroatoms. The molecule has 2 nitrogen and oxygen atoms in total. The minimum atomic E-state index is 0.858. The van der Waals surface area contributed by atoms with Crippen LogP contribution in [0.25, 0.3) is 0 Å². The fraction of sp³-hybridized carbons (Fsp3) is 1.00. The van der Waals surface area contributed by atoms with Crippen molar-refractivity contribution in [2.24, 2.45) is 5.92 Å². The Balaban J connectivity index is 1.91. The number of rotatable bonds is 1. The fourth-order valence-electron chi connectivity index (χ4n) is 2.62. The second kappa shape index (κ2) is 3.75. The second-order valence-electron chi connectivity index (χ2n) is 4.28. The summed E-state index contributed by atoms with van der Waals surface area (Å²) in [6.07, 6.45) is 4.22. The van der Waals surface area contributed by atoms with Crippen molar-refractivity contribution < 1.29 is 0 Å². The van der Waals surface area contributed by atoms with Crippen molar-refractivity contribution in [1.29, 1.82) is 0 Å². The Morgan fingerprint density at radius 2 is 2.00 bits per heavy atom. The highest BCUT2D eigenvalue weighted by Crippen LogP contribution is 2.21. The van der Waals surface area contributed by atoms with E-state index in [9.17, 15) is 0 Å². The van der Waals surface area contributed by atoms with Gasteiger partial charge in [-0.05, 0) is 51.4 Å². The molecule has 2 heterocycles. The van der Waals surface area contributed by atoms with E-state index in [0.29, 0.717) is 0 Å². The summed E-state index contributed by atoms with van der Waals surface area (Å²) in [6.45, 7) is 7.55. The van der Waals surface area contributed by atoms with E-state index in [4.69, 9.17) is 0 Å². The molecule has 0 aliphatic carbocycles. The van der Waals surface area contributed by atoms with E-state index in [-0.39, 0.29) is 0 Å². The van der Waals surface area contributed by atoms with E-state index in [0.717, 1.165) is 12.0 Å². The maximum atomic E-state index is 3.46. The standard InChI is InChI=1S/C10H20N2/c1-9-8-11-5-4-10(9)12-6-2-3-7-12/h9-11H,2-8H2,1H3/t9-,10+/m0/s1. The van der Waals surface area contributed by atoms with E-state index in [1.54, 1.807) is 0 Å². The molecule has 0 bridgehead atoms. The summed E-state index contributed by atoms with van der Waals surface area (Å²) < 4.78 is 0. The first kappa shape index (κ1) is 8.52. The summed E-state index contributed by atoms with van der Waals surface area (Å²) >= 11 is 0. The molecule has 0 saturated carbocycles. The average molecular weight is 168 g/mol. The number of nitrogens with zero attached hydrogens (tertiary/aromatic N) is 1. The zero-order valence-corrected chi connectivity index (χ0v) is 8.05. The summed E-state index contributed by atoms with van der Waals surface area (Å²) in [6, 6.07) is 0.883. The van der Waals surface area contributed by atoms with Gasteiger partial charge in [-0.1, -0.05) is 6.92 Å². The molecule has 0 aromatic rings. The number of hydrogen-bond acceptors (Lipinski definition) is 2. The summed E-state index contributed by atoms with van der Waals surface area (Å²) in [5.74, 6) is 0.858. The first-order valence-corrected chi connectivity index (χ1v) is 5.32. The van der Waals surface area contributed by atoms with Crippen LogP contribution in [-0.2, 0) is 0 Å². The predicted molar refractivity (Wildman–Crippen MR) is 51.2 cm³/mol. The van der Waals surface area contributed by atoms with Gasteiger partial charge >= 0.3 is 0 Å². The van der Waals surface area contributed by atoms with Crippen LogP contribution in [-0.4, -0.2) is 37.1 Å². The molecular weight excluding hydrogens is 148 g/mol. The Labute approximate surface area is 75.3 Å². The van der Waals surface area contributed by atoms with Crippen LogP contribution in [0.3, 0.4) is 0 Å². The van der Waals surface area contributed by atoms with Crippen molar-refractivity contribution in [1.82, 2.24) is 10.2 Å². The van der Waals surface area contributed by atoms with Crippen LogP contribution < -0.4 is 5.32 Å². The zero-order valence-electron chi connectivity index (χ0n) is 8.05. The monoisotopic (exact) mass is 168 g/mol. The highest BCUT2D eigenvalue weighted by atomic mass is 15.2. The lowest BCUT2D eigenvalue weighted by Crippen LogP contribution is -2.47. The molecule has 2 aliphatic heterocycles. The molecule has 70 valence electrons. The first-order valence-electron chi connectivity index (χ1n) is 5.32. The molecule has 0 amide bonds. The maximum Gasteiger partial charge on any atom is 0.0145 e. The molecule has 0 aromatic heterocycles. The van der Waals surface area contributed by atoms with Crippen LogP contribution in [0, 0.1) is 5.92 Å². The third-order valence-corrected chi connectivity index (χ3v) is 3.35. The molecule has 0 unspecified atom stereocenters. The molecule has 0 aromatic carbocycles. The van der Waals surface area contributed by atoms with Crippen LogP contribution in [0.4, 0.5) is 0 Å². The van der Waals surface area contributed by atoms with Gasteiger partial charge in [0.1, 0.15) is 0 Å². The summed E-state index contributed by atoms with van der Waals surface area (Å²) in [4.78, 5) is 2.70. The molecule has 1 N–H and O–H groups in total. The summed E-state index contributed by atoms with van der Waals surface area (Å²) in [5, 5.41) is 3.46.